The van der Waals surface area contributed by atoms with Gasteiger partial charge in [0.05, 0.1) is 5.71 Å². The Labute approximate surface area is 72.9 Å². The third-order valence-corrected chi connectivity index (χ3v) is 1.76. The SMILES string of the molecule is CO/N=C(\C)c1ccccc1C. The highest BCUT2D eigenvalue weighted by Gasteiger charge is 1.99. The van der Waals surface area contributed by atoms with E-state index in [1.54, 1.807) is 7.11 Å². The molecule has 0 aliphatic carbocycles. The summed E-state index contributed by atoms with van der Waals surface area (Å²) in [4.78, 5) is 4.70. The topological polar surface area (TPSA) is 21.6 Å². The molecule has 1 aromatic rings. The fourth-order valence-corrected chi connectivity index (χ4v) is 1.16. The van der Waals surface area contributed by atoms with Crippen LogP contribution in [0.3, 0.4) is 0 Å². The lowest BCUT2D eigenvalue weighted by molar-refractivity contribution is 0.213. The van der Waals surface area contributed by atoms with Gasteiger partial charge in [-0.05, 0) is 19.4 Å². The molecular weight excluding hydrogens is 150 g/mol. The molecule has 0 bridgehead atoms. The van der Waals surface area contributed by atoms with E-state index in [1.807, 2.05) is 25.1 Å². The number of oxime groups is 1. The Hall–Kier alpha value is -1.31. The van der Waals surface area contributed by atoms with E-state index in [4.69, 9.17) is 4.84 Å². The quantitative estimate of drug-likeness (QED) is 0.484. The number of rotatable bonds is 2. The lowest BCUT2D eigenvalue weighted by Crippen LogP contribution is -1.97. The van der Waals surface area contributed by atoms with E-state index in [0.717, 1.165) is 11.3 Å². The van der Waals surface area contributed by atoms with Crippen LogP contribution in [0, 0.1) is 6.92 Å². The monoisotopic (exact) mass is 163 g/mol. The van der Waals surface area contributed by atoms with Gasteiger partial charge in [-0.3, -0.25) is 0 Å². The molecule has 64 valence electrons. The van der Waals surface area contributed by atoms with Crippen molar-refractivity contribution in [3.63, 3.8) is 0 Å². The maximum Gasteiger partial charge on any atom is 0.106 e. The van der Waals surface area contributed by atoms with Gasteiger partial charge in [0.25, 0.3) is 0 Å². The van der Waals surface area contributed by atoms with Crippen LogP contribution >= 0.6 is 0 Å². The molecule has 2 heteroatoms. The van der Waals surface area contributed by atoms with E-state index in [0.29, 0.717) is 0 Å². The summed E-state index contributed by atoms with van der Waals surface area (Å²) in [5.41, 5.74) is 3.27. The van der Waals surface area contributed by atoms with Crippen LogP contribution in [-0.4, -0.2) is 12.8 Å². The van der Waals surface area contributed by atoms with E-state index < -0.39 is 0 Å². The third-order valence-electron chi connectivity index (χ3n) is 1.76. The first-order chi connectivity index (χ1) is 5.75. The van der Waals surface area contributed by atoms with Crippen LogP contribution in [0.5, 0.6) is 0 Å². The predicted octanol–water partition coefficient (Wildman–Crippen LogP) is 2.37. The summed E-state index contributed by atoms with van der Waals surface area (Å²) in [6, 6.07) is 8.10. The average molecular weight is 163 g/mol. The van der Waals surface area contributed by atoms with E-state index in [1.165, 1.54) is 5.56 Å². The Morgan fingerprint density at radius 3 is 2.58 bits per heavy atom. The summed E-state index contributed by atoms with van der Waals surface area (Å²) in [6.45, 7) is 4.00. The van der Waals surface area contributed by atoms with Crippen molar-refractivity contribution >= 4 is 5.71 Å². The summed E-state index contributed by atoms with van der Waals surface area (Å²) in [7, 11) is 1.56. The maximum atomic E-state index is 4.70. The number of hydrogen-bond acceptors (Lipinski definition) is 2. The molecule has 0 unspecified atom stereocenters. The molecule has 0 aliphatic rings. The second-order valence-corrected chi connectivity index (χ2v) is 2.67. The minimum atomic E-state index is 0.913. The lowest BCUT2D eigenvalue weighted by atomic mass is 10.1. The Bertz CT molecular complexity index is 292. The van der Waals surface area contributed by atoms with Gasteiger partial charge in [0.15, 0.2) is 0 Å². The van der Waals surface area contributed by atoms with Gasteiger partial charge >= 0.3 is 0 Å². The maximum absolute atomic E-state index is 4.70. The second-order valence-electron chi connectivity index (χ2n) is 2.67. The fraction of sp³-hybridized carbons (Fsp3) is 0.300. The summed E-state index contributed by atoms with van der Waals surface area (Å²) in [5.74, 6) is 0. The van der Waals surface area contributed by atoms with Gasteiger partial charge in [0.1, 0.15) is 7.11 Å². The van der Waals surface area contributed by atoms with Crippen LogP contribution in [0.1, 0.15) is 18.1 Å². The van der Waals surface area contributed by atoms with Gasteiger partial charge in [-0.1, -0.05) is 29.4 Å². The third kappa shape index (κ3) is 1.84. The number of nitrogens with zero attached hydrogens (tertiary/aromatic N) is 1. The van der Waals surface area contributed by atoms with Crippen LogP contribution in [0.4, 0.5) is 0 Å². The molecule has 0 N–H and O–H groups in total. The molecule has 0 radical (unpaired) electrons. The van der Waals surface area contributed by atoms with Crippen LogP contribution in [0.2, 0.25) is 0 Å². The first-order valence-corrected chi connectivity index (χ1v) is 3.89. The number of aryl methyl sites for hydroxylation is 1. The molecule has 0 spiro atoms. The number of hydrogen-bond donors (Lipinski definition) is 0. The zero-order chi connectivity index (χ0) is 8.97. The standard InChI is InChI=1S/C10H13NO/c1-8-6-4-5-7-10(8)9(2)11-12-3/h4-7H,1-3H3/b11-9+. The second kappa shape index (κ2) is 3.90. The minimum absolute atomic E-state index is 0.913. The summed E-state index contributed by atoms with van der Waals surface area (Å²) in [6.07, 6.45) is 0. The molecule has 0 amide bonds. The van der Waals surface area contributed by atoms with Crippen molar-refractivity contribution in [1.82, 2.24) is 0 Å². The zero-order valence-corrected chi connectivity index (χ0v) is 7.66. The summed E-state index contributed by atoms with van der Waals surface area (Å²) >= 11 is 0. The van der Waals surface area contributed by atoms with Crippen LogP contribution in [0.25, 0.3) is 0 Å². The van der Waals surface area contributed by atoms with Crippen LogP contribution in [0.15, 0.2) is 29.4 Å². The molecule has 0 saturated carbocycles. The smallest absolute Gasteiger partial charge is 0.106 e. The minimum Gasteiger partial charge on any atom is -0.399 e. The molecular formula is C10H13NO. The van der Waals surface area contributed by atoms with Crippen molar-refractivity contribution in [2.24, 2.45) is 5.16 Å². The van der Waals surface area contributed by atoms with Crippen molar-refractivity contribution in [3.05, 3.63) is 35.4 Å². The Kier molecular flexibility index (Phi) is 2.86. The summed E-state index contributed by atoms with van der Waals surface area (Å²) in [5, 5.41) is 3.87. The Morgan fingerprint density at radius 2 is 2.00 bits per heavy atom. The highest BCUT2D eigenvalue weighted by molar-refractivity contribution is 5.99. The van der Waals surface area contributed by atoms with Gasteiger partial charge in [-0.15, -0.1) is 0 Å². The van der Waals surface area contributed by atoms with Crippen molar-refractivity contribution < 1.29 is 4.84 Å². The van der Waals surface area contributed by atoms with E-state index in [9.17, 15) is 0 Å². The lowest BCUT2D eigenvalue weighted by Gasteiger charge is -2.02. The molecule has 0 saturated heterocycles. The van der Waals surface area contributed by atoms with Crippen molar-refractivity contribution in [3.8, 4) is 0 Å². The van der Waals surface area contributed by atoms with Gasteiger partial charge in [0, 0.05) is 5.56 Å². The zero-order valence-electron chi connectivity index (χ0n) is 7.66. The molecule has 0 aromatic heterocycles. The Morgan fingerprint density at radius 1 is 1.33 bits per heavy atom. The molecule has 0 atom stereocenters. The summed E-state index contributed by atoms with van der Waals surface area (Å²) < 4.78 is 0. The Balaban J connectivity index is 3.02. The van der Waals surface area contributed by atoms with Crippen LogP contribution in [-0.2, 0) is 4.84 Å². The molecule has 0 heterocycles. The number of benzene rings is 1. The van der Waals surface area contributed by atoms with Gasteiger partial charge in [0.2, 0.25) is 0 Å². The van der Waals surface area contributed by atoms with E-state index >= 15 is 0 Å². The first kappa shape index (κ1) is 8.78. The molecule has 0 aliphatic heterocycles. The van der Waals surface area contributed by atoms with Gasteiger partial charge in [-0.2, -0.15) is 0 Å². The van der Waals surface area contributed by atoms with Gasteiger partial charge < -0.3 is 4.84 Å². The average Bonchev–Trinajstić information content (AvgIpc) is 2.05. The molecule has 2 nitrogen and oxygen atoms in total. The van der Waals surface area contributed by atoms with Crippen molar-refractivity contribution in [2.45, 2.75) is 13.8 Å². The van der Waals surface area contributed by atoms with Crippen molar-refractivity contribution in [2.75, 3.05) is 7.11 Å². The first-order valence-electron chi connectivity index (χ1n) is 3.89. The van der Waals surface area contributed by atoms with E-state index in [2.05, 4.69) is 18.1 Å². The largest absolute Gasteiger partial charge is 0.399 e. The van der Waals surface area contributed by atoms with Crippen molar-refractivity contribution in [1.29, 1.82) is 0 Å². The molecule has 1 aromatic carbocycles. The predicted molar refractivity (Wildman–Crippen MR) is 50.4 cm³/mol. The molecule has 1 rings (SSSR count). The highest BCUT2D eigenvalue weighted by Crippen LogP contribution is 2.08. The van der Waals surface area contributed by atoms with E-state index in [-0.39, 0.29) is 0 Å². The highest BCUT2D eigenvalue weighted by atomic mass is 16.6. The van der Waals surface area contributed by atoms with Crippen LogP contribution < -0.4 is 0 Å². The molecule has 12 heavy (non-hydrogen) atoms. The molecule has 0 fully saturated rings. The fourth-order valence-electron chi connectivity index (χ4n) is 1.16. The van der Waals surface area contributed by atoms with Gasteiger partial charge in [-0.25, -0.2) is 0 Å². The normalized spacial score (nSPS) is 11.4.